The molecule has 0 aromatic carbocycles. The van der Waals surface area contributed by atoms with Crippen molar-refractivity contribution in [2.45, 2.75) is 43.7 Å². The quantitative estimate of drug-likeness (QED) is 0.616. The summed E-state index contributed by atoms with van der Waals surface area (Å²) in [6, 6.07) is 6.63. The van der Waals surface area contributed by atoms with Crippen LogP contribution in [-0.4, -0.2) is 69.6 Å². The molecule has 7 rings (SSSR count). The SMILES string of the molecule is [2H]C([2H])([2H])Oc1ccc(CN2C3CC2CN(C2(OCC4(C#N)CC4)C=CC(c4cn[nH]c4)=CN2)C3)cn1. The molecule has 2 aromatic heterocycles. The van der Waals surface area contributed by atoms with Crippen LogP contribution < -0.4 is 10.1 Å². The molecular formula is C25H29N7O2. The van der Waals surface area contributed by atoms with Crippen molar-refractivity contribution in [3.63, 3.8) is 0 Å². The number of nitriles is 1. The van der Waals surface area contributed by atoms with E-state index >= 15 is 0 Å². The van der Waals surface area contributed by atoms with Crippen LogP contribution in [0.4, 0.5) is 0 Å². The summed E-state index contributed by atoms with van der Waals surface area (Å²) in [6.07, 6.45) is 14.3. The zero-order chi connectivity index (χ0) is 25.7. The van der Waals surface area contributed by atoms with Gasteiger partial charge >= 0.3 is 0 Å². The maximum absolute atomic E-state index is 9.59. The number of dihydropyridines is 1. The van der Waals surface area contributed by atoms with Crippen LogP contribution in [-0.2, 0) is 11.3 Å². The number of ether oxygens (including phenoxy) is 2. The van der Waals surface area contributed by atoms with Crippen molar-refractivity contribution in [1.82, 2.24) is 30.3 Å². The van der Waals surface area contributed by atoms with E-state index in [4.69, 9.17) is 13.6 Å². The molecule has 0 radical (unpaired) electrons. The summed E-state index contributed by atoms with van der Waals surface area (Å²) in [5, 5.41) is 20.0. The Morgan fingerprint density at radius 3 is 2.79 bits per heavy atom. The highest BCUT2D eigenvalue weighted by atomic mass is 16.5. The number of rotatable bonds is 8. The van der Waals surface area contributed by atoms with Gasteiger partial charge in [-0.15, -0.1) is 0 Å². The third kappa shape index (κ3) is 3.78. The second-order valence-corrected chi connectivity index (χ2v) is 9.67. The number of piperazine rings is 1. The number of aromatic nitrogens is 3. The van der Waals surface area contributed by atoms with E-state index in [1.165, 1.54) is 0 Å². The first kappa shape index (κ1) is 18.2. The number of methoxy groups -OCH3 is 1. The highest BCUT2D eigenvalue weighted by molar-refractivity contribution is 5.74. The third-order valence-electron chi connectivity index (χ3n) is 7.50. The summed E-state index contributed by atoms with van der Waals surface area (Å²) in [6.45, 7) is 2.76. The summed E-state index contributed by atoms with van der Waals surface area (Å²) >= 11 is 0. The second-order valence-electron chi connectivity index (χ2n) is 9.67. The van der Waals surface area contributed by atoms with E-state index in [-0.39, 0.29) is 11.3 Å². The Bertz CT molecular complexity index is 1220. The van der Waals surface area contributed by atoms with Gasteiger partial charge in [0.25, 0.3) is 0 Å². The van der Waals surface area contributed by atoms with Crippen molar-refractivity contribution >= 4 is 5.57 Å². The molecule has 9 nitrogen and oxygen atoms in total. The lowest BCUT2D eigenvalue weighted by Gasteiger charge is -2.60. The van der Waals surface area contributed by atoms with Crippen LogP contribution in [0.1, 0.15) is 34.5 Å². The molecule has 0 spiro atoms. The van der Waals surface area contributed by atoms with Gasteiger partial charge in [0.1, 0.15) is 0 Å². The molecule has 2 aromatic rings. The first-order chi connectivity index (χ1) is 17.8. The third-order valence-corrected chi connectivity index (χ3v) is 7.50. The van der Waals surface area contributed by atoms with Gasteiger partial charge < -0.3 is 14.8 Å². The number of hydrogen-bond donors (Lipinski definition) is 2. The zero-order valence-electron chi connectivity index (χ0n) is 21.8. The Balaban J connectivity index is 1.13. The van der Waals surface area contributed by atoms with Crippen LogP contribution in [0, 0.1) is 16.7 Å². The Morgan fingerprint density at radius 2 is 2.18 bits per heavy atom. The van der Waals surface area contributed by atoms with E-state index in [1.807, 2.05) is 18.5 Å². The van der Waals surface area contributed by atoms with Crippen LogP contribution in [0.5, 0.6) is 5.88 Å². The number of fused-ring (bicyclic) bond motifs is 2. The van der Waals surface area contributed by atoms with Crippen LogP contribution >= 0.6 is 0 Å². The van der Waals surface area contributed by atoms with Crippen molar-refractivity contribution < 1.29 is 13.6 Å². The van der Waals surface area contributed by atoms with Gasteiger partial charge in [-0.2, -0.15) is 10.4 Å². The predicted octanol–water partition coefficient (Wildman–Crippen LogP) is 2.25. The van der Waals surface area contributed by atoms with E-state index in [0.29, 0.717) is 18.7 Å². The smallest absolute Gasteiger partial charge is 0.218 e. The highest BCUT2D eigenvalue weighted by Crippen LogP contribution is 2.46. The van der Waals surface area contributed by atoms with E-state index in [0.717, 1.165) is 55.6 Å². The molecule has 1 aliphatic carbocycles. The molecule has 176 valence electrons. The molecule has 3 unspecified atom stereocenters. The molecule has 3 atom stereocenters. The van der Waals surface area contributed by atoms with Crippen molar-refractivity contribution in [1.29, 1.82) is 5.26 Å². The van der Waals surface area contributed by atoms with E-state index in [9.17, 15) is 5.26 Å². The van der Waals surface area contributed by atoms with E-state index in [1.54, 1.807) is 18.5 Å². The first-order valence-electron chi connectivity index (χ1n) is 13.1. The fourth-order valence-electron chi connectivity index (χ4n) is 5.13. The van der Waals surface area contributed by atoms with Gasteiger partial charge in [0.05, 0.1) is 35.4 Å². The van der Waals surface area contributed by atoms with Crippen LogP contribution in [0.2, 0.25) is 0 Å². The normalized spacial score (nSPS) is 31.1. The standard InChI is InChI=1S/C25H29N7O2/c1-33-23-3-2-18(9-27-23)13-32-21-8-22(32)15-31(14-21)25(34-17-24(16-26)6-7-24)5-4-19(10-28-25)20-11-29-30-12-20/h2-5,9-12,21-22,28H,6-8,13-15,17H2,1H3,(H,29,30)/i1D3. The zero-order valence-corrected chi connectivity index (χ0v) is 18.8. The number of nitrogens with zero attached hydrogens (tertiary/aromatic N) is 5. The highest BCUT2D eigenvalue weighted by Gasteiger charge is 2.52. The summed E-state index contributed by atoms with van der Waals surface area (Å²) in [4.78, 5) is 8.95. The van der Waals surface area contributed by atoms with Crippen molar-refractivity contribution in [2.75, 3.05) is 26.7 Å². The Morgan fingerprint density at radius 1 is 1.29 bits per heavy atom. The second kappa shape index (κ2) is 8.24. The maximum Gasteiger partial charge on any atom is 0.218 e. The molecule has 9 heteroatoms. The molecule has 2 bridgehead atoms. The molecule has 1 saturated carbocycles. The van der Waals surface area contributed by atoms with E-state index < -0.39 is 12.9 Å². The molecule has 4 fully saturated rings. The van der Waals surface area contributed by atoms with Crippen LogP contribution in [0.25, 0.3) is 5.57 Å². The lowest BCUT2D eigenvalue weighted by Crippen LogP contribution is -2.74. The minimum Gasteiger partial charge on any atom is -0.481 e. The van der Waals surface area contributed by atoms with Crippen LogP contribution in [0.15, 0.2) is 49.1 Å². The van der Waals surface area contributed by atoms with Crippen molar-refractivity contribution in [3.8, 4) is 11.9 Å². The predicted molar refractivity (Wildman–Crippen MR) is 125 cm³/mol. The lowest BCUT2D eigenvalue weighted by atomic mass is 9.86. The maximum atomic E-state index is 9.59. The largest absolute Gasteiger partial charge is 0.481 e. The summed E-state index contributed by atoms with van der Waals surface area (Å²) in [5.74, 6) is -0.708. The molecular weight excluding hydrogens is 430 g/mol. The van der Waals surface area contributed by atoms with Gasteiger partial charge in [0, 0.05) is 67.5 Å². The Labute approximate surface area is 203 Å². The lowest BCUT2D eigenvalue weighted by molar-refractivity contribution is -0.197. The number of nitrogens with one attached hydrogen (secondary N) is 2. The monoisotopic (exact) mass is 462 g/mol. The minimum atomic E-state index is -2.51. The van der Waals surface area contributed by atoms with Gasteiger partial charge in [0.2, 0.25) is 11.7 Å². The van der Waals surface area contributed by atoms with Gasteiger partial charge in [-0.25, -0.2) is 4.98 Å². The van der Waals surface area contributed by atoms with Crippen molar-refractivity contribution in [3.05, 3.63) is 60.2 Å². The number of pyridine rings is 1. The summed E-state index contributed by atoms with van der Waals surface area (Å²) in [5.41, 5.74) is 2.64. The summed E-state index contributed by atoms with van der Waals surface area (Å²) in [7, 11) is -2.51. The number of hydrogen-bond acceptors (Lipinski definition) is 8. The molecule has 6 heterocycles. The molecule has 34 heavy (non-hydrogen) atoms. The Kier molecular flexibility index (Phi) is 4.40. The summed E-state index contributed by atoms with van der Waals surface area (Å²) < 4.78 is 33.0. The molecule has 5 aliphatic rings. The molecule has 2 N–H and O–H groups in total. The number of aromatic amines is 1. The first-order valence-corrected chi connectivity index (χ1v) is 11.6. The molecule has 0 amide bonds. The van der Waals surface area contributed by atoms with Gasteiger partial charge in [-0.1, -0.05) is 12.1 Å². The van der Waals surface area contributed by atoms with Gasteiger partial charge in [0.15, 0.2) is 0 Å². The van der Waals surface area contributed by atoms with E-state index in [2.05, 4.69) is 48.5 Å². The number of piperidine rings is 1. The van der Waals surface area contributed by atoms with Crippen LogP contribution in [0.3, 0.4) is 0 Å². The number of allylic oxidation sites excluding steroid dienone is 2. The topological polar surface area (TPSA) is 102 Å². The van der Waals surface area contributed by atoms with Crippen molar-refractivity contribution in [2.24, 2.45) is 5.41 Å². The fourth-order valence-corrected chi connectivity index (χ4v) is 5.13. The van der Waals surface area contributed by atoms with Gasteiger partial charge in [-0.3, -0.25) is 14.9 Å². The number of H-pyrrole nitrogens is 1. The average molecular weight is 463 g/mol. The fraction of sp³-hybridized carbons (Fsp3) is 0.480. The molecule has 3 saturated heterocycles. The van der Waals surface area contributed by atoms with Gasteiger partial charge in [-0.05, 0) is 30.9 Å². The Hall–Kier alpha value is -3.19. The minimum absolute atomic E-state index is 0.0987. The molecule has 4 aliphatic heterocycles. The average Bonchev–Trinajstić information content (AvgIpc) is 3.47.